The van der Waals surface area contributed by atoms with Gasteiger partial charge in [-0.05, 0) is 12.8 Å². The molecule has 1 aliphatic carbocycles. The number of rotatable bonds is 1. The van der Waals surface area contributed by atoms with Crippen molar-refractivity contribution in [3.8, 4) is 0 Å². The van der Waals surface area contributed by atoms with E-state index in [0.717, 1.165) is 6.42 Å². The average molecular weight is 256 g/mol. The number of allylic oxidation sites excluding steroid dienone is 4. The molecule has 0 aromatic heterocycles. The third-order valence-electron chi connectivity index (χ3n) is 1.26. The van der Waals surface area contributed by atoms with Crippen LogP contribution >= 0.6 is 17.0 Å². The summed E-state index contributed by atoms with van der Waals surface area (Å²) in [6, 6.07) is 0. The van der Waals surface area contributed by atoms with Gasteiger partial charge in [0.1, 0.15) is 0 Å². The summed E-state index contributed by atoms with van der Waals surface area (Å²) in [5.41, 5.74) is 1.49. The molecule has 1 aliphatic rings. The van der Waals surface area contributed by atoms with E-state index in [-0.39, 0.29) is 0 Å². The standard InChI is InChI=1S/C7H10.2ClH.Zr/c1-2-7-5-3-4-6-7;;;/h3,5-6H,2,4H2,1H3;2*1H;/q;;;+2/p-2. The quantitative estimate of drug-likeness (QED) is 0.671. The Balaban J connectivity index is 0.000000236. The van der Waals surface area contributed by atoms with Gasteiger partial charge in [-0.1, -0.05) is 30.7 Å². The molecule has 0 saturated heterocycles. The second kappa shape index (κ2) is 8.04. The maximum absolute atomic E-state index is 4.93. The Morgan fingerprint density at radius 1 is 1.60 bits per heavy atom. The van der Waals surface area contributed by atoms with E-state index in [4.69, 9.17) is 17.0 Å². The first-order valence-corrected chi connectivity index (χ1v) is 9.50. The summed E-state index contributed by atoms with van der Waals surface area (Å²) in [4.78, 5) is 0. The summed E-state index contributed by atoms with van der Waals surface area (Å²) >= 11 is -0.826. The van der Waals surface area contributed by atoms with Crippen LogP contribution in [-0.2, 0) is 20.8 Å². The monoisotopic (exact) mass is 254 g/mol. The molecule has 0 N–H and O–H groups in total. The normalized spacial score (nSPS) is 13.7. The van der Waals surface area contributed by atoms with Crippen LogP contribution in [0.2, 0.25) is 0 Å². The molecule has 0 nitrogen and oxygen atoms in total. The van der Waals surface area contributed by atoms with E-state index >= 15 is 0 Å². The summed E-state index contributed by atoms with van der Waals surface area (Å²) in [6.07, 6.45) is 9.00. The topological polar surface area (TPSA) is 0 Å². The number of halogens is 2. The maximum atomic E-state index is 4.93. The van der Waals surface area contributed by atoms with Crippen molar-refractivity contribution in [3.63, 3.8) is 0 Å². The van der Waals surface area contributed by atoms with E-state index in [0.29, 0.717) is 0 Å². The first-order chi connectivity index (χ1) is 4.85. The van der Waals surface area contributed by atoms with Crippen LogP contribution in [0.25, 0.3) is 0 Å². The average Bonchev–Trinajstić information content (AvgIpc) is 2.39. The fourth-order valence-corrected chi connectivity index (χ4v) is 0.769. The molecule has 0 atom stereocenters. The van der Waals surface area contributed by atoms with Crippen molar-refractivity contribution >= 4 is 17.0 Å². The third kappa shape index (κ3) is 5.71. The molecule has 0 unspecified atom stereocenters. The van der Waals surface area contributed by atoms with Gasteiger partial charge in [0, 0.05) is 0 Å². The predicted octanol–water partition coefficient (Wildman–Crippen LogP) is 3.66. The van der Waals surface area contributed by atoms with Gasteiger partial charge in [-0.2, -0.15) is 0 Å². The Kier molecular flexibility index (Phi) is 8.80. The SMILES string of the molecule is CCC1=CCC=C1.[Cl][Zr][Cl]. The molecule has 0 aliphatic heterocycles. The van der Waals surface area contributed by atoms with Gasteiger partial charge in [0.25, 0.3) is 0 Å². The van der Waals surface area contributed by atoms with Crippen LogP contribution in [0.3, 0.4) is 0 Å². The van der Waals surface area contributed by atoms with Crippen molar-refractivity contribution in [3.05, 3.63) is 23.8 Å². The molecule has 0 fully saturated rings. The molecular formula is C7H10Cl2Zr. The predicted molar refractivity (Wildman–Crippen MR) is 43.8 cm³/mol. The minimum atomic E-state index is -0.826. The molecule has 0 saturated carbocycles. The molecule has 0 bridgehead atoms. The van der Waals surface area contributed by atoms with Crippen LogP contribution in [0.4, 0.5) is 0 Å². The molecule has 56 valence electrons. The Morgan fingerprint density at radius 3 is 2.40 bits per heavy atom. The molecule has 0 aromatic carbocycles. The Morgan fingerprint density at radius 2 is 2.20 bits per heavy atom. The summed E-state index contributed by atoms with van der Waals surface area (Å²) in [5, 5.41) is 0. The summed E-state index contributed by atoms with van der Waals surface area (Å²) in [5.74, 6) is 0. The molecular weight excluding hydrogens is 246 g/mol. The Labute approximate surface area is 81.0 Å². The van der Waals surface area contributed by atoms with Crippen LogP contribution in [-0.4, -0.2) is 0 Å². The van der Waals surface area contributed by atoms with Crippen molar-refractivity contribution in [1.82, 2.24) is 0 Å². The van der Waals surface area contributed by atoms with Gasteiger partial charge < -0.3 is 0 Å². The van der Waals surface area contributed by atoms with Crippen LogP contribution < -0.4 is 0 Å². The second-order valence-electron chi connectivity index (χ2n) is 1.84. The molecule has 0 aromatic rings. The van der Waals surface area contributed by atoms with Crippen molar-refractivity contribution in [2.24, 2.45) is 0 Å². The van der Waals surface area contributed by atoms with E-state index in [9.17, 15) is 0 Å². The fraction of sp³-hybridized carbons (Fsp3) is 0.429. The Hall–Kier alpha value is 0.943. The van der Waals surface area contributed by atoms with Crippen molar-refractivity contribution in [2.45, 2.75) is 19.8 Å². The van der Waals surface area contributed by atoms with Gasteiger partial charge in [-0.25, -0.2) is 0 Å². The van der Waals surface area contributed by atoms with Crippen LogP contribution in [0.1, 0.15) is 19.8 Å². The van der Waals surface area contributed by atoms with E-state index in [2.05, 4.69) is 25.2 Å². The summed E-state index contributed by atoms with van der Waals surface area (Å²) in [7, 11) is 9.87. The van der Waals surface area contributed by atoms with Gasteiger partial charge in [0.05, 0.1) is 0 Å². The van der Waals surface area contributed by atoms with Crippen LogP contribution in [0.5, 0.6) is 0 Å². The van der Waals surface area contributed by atoms with E-state index in [1.807, 2.05) is 0 Å². The number of hydrogen-bond acceptors (Lipinski definition) is 0. The third-order valence-corrected chi connectivity index (χ3v) is 1.26. The zero-order chi connectivity index (χ0) is 7.82. The van der Waals surface area contributed by atoms with Gasteiger partial charge in [-0.15, -0.1) is 0 Å². The zero-order valence-corrected chi connectivity index (χ0v) is 9.87. The van der Waals surface area contributed by atoms with Crippen molar-refractivity contribution in [1.29, 1.82) is 0 Å². The van der Waals surface area contributed by atoms with Crippen LogP contribution in [0.15, 0.2) is 23.8 Å². The molecule has 0 heterocycles. The number of hydrogen-bond donors (Lipinski definition) is 0. The molecule has 1 rings (SSSR count). The summed E-state index contributed by atoms with van der Waals surface area (Å²) in [6.45, 7) is 2.18. The molecule has 10 heavy (non-hydrogen) atoms. The first kappa shape index (κ1) is 10.9. The minimum absolute atomic E-state index is 0.826. The molecule has 0 radical (unpaired) electrons. The van der Waals surface area contributed by atoms with Gasteiger partial charge in [-0.3, -0.25) is 0 Å². The first-order valence-electron chi connectivity index (χ1n) is 3.17. The van der Waals surface area contributed by atoms with E-state index in [1.165, 1.54) is 12.0 Å². The molecule has 0 spiro atoms. The molecule has 3 heteroatoms. The van der Waals surface area contributed by atoms with E-state index < -0.39 is 20.8 Å². The van der Waals surface area contributed by atoms with Crippen molar-refractivity contribution < 1.29 is 20.8 Å². The van der Waals surface area contributed by atoms with Crippen molar-refractivity contribution in [2.75, 3.05) is 0 Å². The molecule has 0 amide bonds. The Bertz CT molecular complexity index is 130. The zero-order valence-electron chi connectivity index (χ0n) is 5.90. The van der Waals surface area contributed by atoms with Gasteiger partial charge in [0.15, 0.2) is 0 Å². The van der Waals surface area contributed by atoms with E-state index in [1.54, 1.807) is 0 Å². The van der Waals surface area contributed by atoms with Crippen LogP contribution in [0, 0.1) is 0 Å². The second-order valence-corrected chi connectivity index (χ2v) is 5.57. The fourth-order valence-electron chi connectivity index (χ4n) is 0.769. The van der Waals surface area contributed by atoms with Gasteiger partial charge >= 0.3 is 37.9 Å². The summed E-state index contributed by atoms with van der Waals surface area (Å²) < 4.78 is 0. The van der Waals surface area contributed by atoms with Gasteiger partial charge in [0.2, 0.25) is 0 Å².